The first kappa shape index (κ1) is 23.1. The summed E-state index contributed by atoms with van der Waals surface area (Å²) >= 11 is 12.0. The van der Waals surface area contributed by atoms with Crippen LogP contribution in [0.4, 0.5) is 5.69 Å². The van der Waals surface area contributed by atoms with Gasteiger partial charge < -0.3 is 19.8 Å². The van der Waals surface area contributed by atoms with Crippen LogP contribution in [0.25, 0.3) is 0 Å². The average molecular weight is 441 g/mol. The van der Waals surface area contributed by atoms with Crippen molar-refractivity contribution in [3.8, 4) is 0 Å². The maximum atomic E-state index is 12.7. The van der Waals surface area contributed by atoms with Gasteiger partial charge in [0.05, 0.1) is 28.8 Å². The molecule has 1 heterocycles. The van der Waals surface area contributed by atoms with Gasteiger partial charge in [0, 0.05) is 11.4 Å². The number of nitrogens with one attached hydrogen (secondary N) is 2. The van der Waals surface area contributed by atoms with Crippen molar-refractivity contribution < 1.29 is 19.1 Å². The number of hydrogen-bond acceptors (Lipinski definition) is 5. The van der Waals surface area contributed by atoms with Crippen LogP contribution in [0, 0.1) is 0 Å². The molecule has 29 heavy (non-hydrogen) atoms. The first-order valence-electron chi connectivity index (χ1n) is 9.40. The van der Waals surface area contributed by atoms with Crippen LogP contribution in [0.5, 0.6) is 0 Å². The highest BCUT2D eigenvalue weighted by molar-refractivity contribution is 6.42. The smallest absolute Gasteiger partial charge is 0.355 e. The van der Waals surface area contributed by atoms with Gasteiger partial charge in [0.2, 0.25) is 0 Å². The van der Waals surface area contributed by atoms with Crippen molar-refractivity contribution in [1.82, 2.24) is 4.98 Å². The summed E-state index contributed by atoms with van der Waals surface area (Å²) in [6, 6.07) is 5.14. The summed E-state index contributed by atoms with van der Waals surface area (Å²) in [5, 5.41) is 4.05. The summed E-state index contributed by atoms with van der Waals surface area (Å²) in [7, 11) is 0. The number of carbonyl (C=O) groups is 2. The molecule has 1 aromatic heterocycles. The summed E-state index contributed by atoms with van der Waals surface area (Å²) in [6.07, 6.45) is 0.464. The van der Waals surface area contributed by atoms with Gasteiger partial charge in [0.15, 0.2) is 0 Å². The molecule has 2 N–H and O–H groups in total. The molecule has 6 nitrogen and oxygen atoms in total. The van der Waals surface area contributed by atoms with E-state index < -0.39 is 17.5 Å². The predicted molar refractivity (Wildman–Crippen MR) is 115 cm³/mol. The van der Waals surface area contributed by atoms with E-state index in [2.05, 4.69) is 10.3 Å². The number of ether oxygens (including phenoxy) is 2. The van der Waals surface area contributed by atoms with Gasteiger partial charge in [-0.1, -0.05) is 30.1 Å². The SMILES string of the molecule is CCOC(=O)c1c(CNc2ccc(Cl)c(Cl)c2)[nH]c(C(=O)OC(C)(C)C)c1CC. The molecule has 0 aliphatic carbocycles. The Kier molecular flexibility index (Phi) is 7.60. The Morgan fingerprint density at radius 2 is 1.79 bits per heavy atom. The molecule has 0 radical (unpaired) electrons. The van der Waals surface area contributed by atoms with E-state index in [-0.39, 0.29) is 18.8 Å². The van der Waals surface area contributed by atoms with E-state index in [0.717, 1.165) is 5.69 Å². The van der Waals surface area contributed by atoms with Gasteiger partial charge in [-0.05, 0) is 57.9 Å². The number of anilines is 1. The second kappa shape index (κ2) is 9.55. The van der Waals surface area contributed by atoms with Gasteiger partial charge in [-0.3, -0.25) is 0 Å². The Bertz CT molecular complexity index is 901. The zero-order chi connectivity index (χ0) is 21.8. The molecule has 0 saturated heterocycles. The van der Waals surface area contributed by atoms with Crippen molar-refractivity contribution in [2.24, 2.45) is 0 Å². The Morgan fingerprint density at radius 1 is 1.10 bits per heavy atom. The lowest BCUT2D eigenvalue weighted by atomic mass is 10.1. The number of esters is 2. The summed E-state index contributed by atoms with van der Waals surface area (Å²) < 4.78 is 10.7. The highest BCUT2D eigenvalue weighted by Crippen LogP contribution is 2.27. The molecule has 0 atom stereocenters. The lowest BCUT2D eigenvalue weighted by molar-refractivity contribution is 0.00622. The number of aromatic nitrogens is 1. The summed E-state index contributed by atoms with van der Waals surface area (Å²) in [5.41, 5.74) is 1.78. The van der Waals surface area contributed by atoms with Crippen LogP contribution in [0.2, 0.25) is 10.0 Å². The van der Waals surface area contributed by atoms with Gasteiger partial charge in [-0.2, -0.15) is 0 Å². The third-order valence-electron chi connectivity index (χ3n) is 4.01. The highest BCUT2D eigenvalue weighted by atomic mass is 35.5. The summed E-state index contributed by atoms with van der Waals surface area (Å²) in [6.45, 7) is 9.46. The quantitative estimate of drug-likeness (QED) is 0.545. The van der Waals surface area contributed by atoms with E-state index in [1.165, 1.54) is 0 Å². The molecule has 0 fully saturated rings. The fraction of sp³-hybridized carbons (Fsp3) is 0.429. The largest absolute Gasteiger partial charge is 0.462 e. The first-order valence-corrected chi connectivity index (χ1v) is 10.2. The normalized spacial score (nSPS) is 11.3. The molecule has 2 rings (SSSR count). The zero-order valence-corrected chi connectivity index (χ0v) is 18.8. The van der Waals surface area contributed by atoms with Crippen molar-refractivity contribution >= 4 is 40.8 Å². The lowest BCUT2D eigenvalue weighted by Gasteiger charge is -2.19. The third kappa shape index (κ3) is 5.90. The average Bonchev–Trinajstić information content (AvgIpc) is 3.00. The van der Waals surface area contributed by atoms with Crippen molar-refractivity contribution in [3.63, 3.8) is 0 Å². The van der Waals surface area contributed by atoms with Crippen molar-refractivity contribution in [2.45, 2.75) is 53.2 Å². The number of hydrogen-bond donors (Lipinski definition) is 2. The van der Waals surface area contributed by atoms with Crippen molar-refractivity contribution in [2.75, 3.05) is 11.9 Å². The fourth-order valence-corrected chi connectivity index (χ4v) is 3.13. The van der Waals surface area contributed by atoms with Gasteiger partial charge in [-0.25, -0.2) is 9.59 Å². The Morgan fingerprint density at radius 3 is 2.34 bits per heavy atom. The van der Waals surface area contributed by atoms with Crippen LogP contribution in [0.1, 0.15) is 66.7 Å². The minimum absolute atomic E-state index is 0.231. The van der Waals surface area contributed by atoms with Crippen LogP contribution >= 0.6 is 23.2 Å². The Balaban J connectivity index is 2.41. The number of halogens is 2. The molecule has 0 bridgehead atoms. The second-order valence-electron chi connectivity index (χ2n) is 7.39. The van der Waals surface area contributed by atoms with E-state index in [1.807, 2.05) is 6.92 Å². The summed E-state index contributed by atoms with van der Waals surface area (Å²) in [5.74, 6) is -0.998. The standard InChI is InChI=1S/C21H26Cl2N2O4/c1-6-13-17(19(26)28-7-2)16(25-18(13)20(27)29-21(3,4)5)11-24-12-8-9-14(22)15(23)10-12/h8-10,24-25H,6-7,11H2,1-5H3. The molecule has 0 amide bonds. The number of H-pyrrole nitrogens is 1. The molecule has 0 saturated carbocycles. The second-order valence-corrected chi connectivity index (χ2v) is 8.20. The molecule has 0 aliphatic rings. The van der Waals surface area contributed by atoms with E-state index in [0.29, 0.717) is 33.3 Å². The molecule has 0 aliphatic heterocycles. The predicted octanol–water partition coefficient (Wildman–Crippen LogP) is 5.63. The van der Waals surface area contributed by atoms with E-state index in [4.69, 9.17) is 32.7 Å². The molecular weight excluding hydrogens is 415 g/mol. The molecule has 0 unspecified atom stereocenters. The fourth-order valence-electron chi connectivity index (χ4n) is 2.83. The monoisotopic (exact) mass is 440 g/mol. The van der Waals surface area contributed by atoms with Crippen molar-refractivity contribution in [1.29, 1.82) is 0 Å². The Hall–Kier alpha value is -2.18. The van der Waals surface area contributed by atoms with Gasteiger partial charge in [-0.15, -0.1) is 0 Å². The van der Waals surface area contributed by atoms with E-state index in [9.17, 15) is 9.59 Å². The molecule has 8 heteroatoms. The molecular formula is C21H26Cl2N2O4. The first-order chi connectivity index (χ1) is 13.6. The minimum Gasteiger partial charge on any atom is -0.462 e. The van der Waals surface area contributed by atoms with Crippen LogP contribution in [0.3, 0.4) is 0 Å². The number of rotatable bonds is 7. The van der Waals surface area contributed by atoms with Crippen LogP contribution in [0.15, 0.2) is 18.2 Å². The third-order valence-corrected chi connectivity index (χ3v) is 4.75. The minimum atomic E-state index is -0.657. The molecule has 1 aromatic carbocycles. The Labute approximate surface area is 180 Å². The van der Waals surface area contributed by atoms with E-state index in [1.54, 1.807) is 45.9 Å². The number of carbonyl (C=O) groups excluding carboxylic acids is 2. The maximum Gasteiger partial charge on any atom is 0.355 e. The topological polar surface area (TPSA) is 80.4 Å². The number of benzene rings is 1. The van der Waals surface area contributed by atoms with E-state index >= 15 is 0 Å². The highest BCUT2D eigenvalue weighted by Gasteiger charge is 2.29. The van der Waals surface area contributed by atoms with Gasteiger partial charge >= 0.3 is 11.9 Å². The molecule has 0 spiro atoms. The maximum absolute atomic E-state index is 12.7. The van der Waals surface area contributed by atoms with Crippen LogP contribution in [-0.4, -0.2) is 29.1 Å². The van der Waals surface area contributed by atoms with Crippen molar-refractivity contribution in [3.05, 3.63) is 50.8 Å². The lowest BCUT2D eigenvalue weighted by Crippen LogP contribution is -2.24. The van der Waals surface area contributed by atoms with Crippen LogP contribution < -0.4 is 5.32 Å². The van der Waals surface area contributed by atoms with Crippen LogP contribution in [-0.2, 0) is 22.4 Å². The molecule has 158 valence electrons. The zero-order valence-electron chi connectivity index (χ0n) is 17.2. The molecule has 2 aromatic rings. The summed E-state index contributed by atoms with van der Waals surface area (Å²) in [4.78, 5) is 28.4. The van der Waals surface area contributed by atoms with Gasteiger partial charge in [0.25, 0.3) is 0 Å². The number of aromatic amines is 1. The van der Waals surface area contributed by atoms with Gasteiger partial charge in [0.1, 0.15) is 11.3 Å².